The molecule has 1 atom stereocenters. The molecule has 1 aromatic rings. The van der Waals surface area contributed by atoms with Crippen LogP contribution in [0.15, 0.2) is 23.3 Å². The topological polar surface area (TPSA) is 25.2 Å². The molecule has 0 aliphatic carbocycles. The van der Waals surface area contributed by atoms with Crippen LogP contribution in [0, 0.1) is 0 Å². The SMILES string of the molecule is BrC1CC=c2cccnc2=N1. The van der Waals surface area contributed by atoms with Crippen LogP contribution in [0.25, 0.3) is 6.08 Å². The van der Waals surface area contributed by atoms with Crippen LogP contribution in [-0.2, 0) is 0 Å². The number of fused-ring (bicyclic) bond motifs is 1. The molecule has 0 spiro atoms. The van der Waals surface area contributed by atoms with E-state index in [4.69, 9.17) is 0 Å². The Balaban J connectivity index is 2.73. The van der Waals surface area contributed by atoms with Gasteiger partial charge in [-0.25, -0.2) is 4.98 Å². The second kappa shape index (κ2) is 2.74. The smallest absolute Gasteiger partial charge is 0.155 e. The highest BCUT2D eigenvalue weighted by atomic mass is 79.9. The molecule has 1 unspecified atom stereocenters. The van der Waals surface area contributed by atoms with Crippen molar-refractivity contribution in [1.82, 2.24) is 4.98 Å². The monoisotopic (exact) mass is 210 g/mol. The zero-order valence-corrected chi connectivity index (χ0v) is 7.45. The van der Waals surface area contributed by atoms with E-state index in [9.17, 15) is 0 Å². The molecule has 0 N–H and O–H groups in total. The van der Waals surface area contributed by atoms with Gasteiger partial charge in [0.25, 0.3) is 0 Å². The molecule has 3 heteroatoms. The van der Waals surface area contributed by atoms with Crippen molar-refractivity contribution < 1.29 is 0 Å². The molecule has 56 valence electrons. The fourth-order valence-electron chi connectivity index (χ4n) is 1.09. The van der Waals surface area contributed by atoms with Crippen LogP contribution in [-0.4, -0.2) is 9.94 Å². The number of hydrogen-bond acceptors (Lipinski definition) is 2. The summed E-state index contributed by atoms with van der Waals surface area (Å²) in [7, 11) is 0. The summed E-state index contributed by atoms with van der Waals surface area (Å²) in [4.78, 5) is 8.67. The molecular formula is C8H7BrN2. The molecule has 11 heavy (non-hydrogen) atoms. The highest BCUT2D eigenvalue weighted by molar-refractivity contribution is 9.09. The number of aromatic nitrogens is 1. The maximum Gasteiger partial charge on any atom is 0.155 e. The van der Waals surface area contributed by atoms with Crippen molar-refractivity contribution >= 4 is 22.0 Å². The molecule has 1 aliphatic heterocycles. The number of alkyl halides is 1. The van der Waals surface area contributed by atoms with Gasteiger partial charge in [0.05, 0.1) is 0 Å². The van der Waals surface area contributed by atoms with Gasteiger partial charge in [-0.2, -0.15) is 0 Å². The van der Waals surface area contributed by atoms with Gasteiger partial charge in [-0.3, -0.25) is 4.99 Å². The molecule has 1 aromatic heterocycles. The average Bonchev–Trinajstić information content (AvgIpc) is 2.04. The van der Waals surface area contributed by atoms with Gasteiger partial charge in [0.2, 0.25) is 0 Å². The zero-order valence-electron chi connectivity index (χ0n) is 5.87. The van der Waals surface area contributed by atoms with E-state index in [1.54, 1.807) is 6.20 Å². The Hall–Kier alpha value is -0.700. The first-order valence-corrected chi connectivity index (χ1v) is 4.41. The first-order valence-electron chi connectivity index (χ1n) is 3.49. The van der Waals surface area contributed by atoms with Crippen LogP contribution in [0.2, 0.25) is 0 Å². The third-order valence-corrected chi connectivity index (χ3v) is 2.19. The second-order valence-corrected chi connectivity index (χ2v) is 3.48. The molecule has 0 amide bonds. The molecule has 2 heterocycles. The Kier molecular flexibility index (Phi) is 1.74. The lowest BCUT2D eigenvalue weighted by Gasteiger charge is -2.03. The molecule has 0 saturated carbocycles. The van der Waals surface area contributed by atoms with E-state index >= 15 is 0 Å². The van der Waals surface area contributed by atoms with E-state index in [1.807, 2.05) is 12.1 Å². The van der Waals surface area contributed by atoms with Gasteiger partial charge < -0.3 is 0 Å². The van der Waals surface area contributed by atoms with E-state index in [0.29, 0.717) is 0 Å². The fraction of sp³-hybridized carbons (Fsp3) is 0.250. The quantitative estimate of drug-likeness (QED) is 0.455. The maximum atomic E-state index is 4.32. The predicted octanol–water partition coefficient (Wildman–Crippen LogP) is 0.606. The summed E-state index contributed by atoms with van der Waals surface area (Å²) in [6.45, 7) is 0. The third kappa shape index (κ3) is 1.33. The Morgan fingerprint density at radius 3 is 3.36 bits per heavy atom. The lowest BCUT2D eigenvalue weighted by atomic mass is 10.2. The first kappa shape index (κ1) is 6.98. The number of hydrogen-bond donors (Lipinski definition) is 0. The predicted molar refractivity (Wildman–Crippen MR) is 46.8 cm³/mol. The molecule has 0 aromatic carbocycles. The van der Waals surface area contributed by atoms with Gasteiger partial charge in [0.1, 0.15) is 4.95 Å². The van der Waals surface area contributed by atoms with Crippen molar-refractivity contribution in [3.63, 3.8) is 0 Å². The number of nitrogens with zero attached hydrogens (tertiary/aromatic N) is 2. The Labute approximate surface area is 72.8 Å². The van der Waals surface area contributed by atoms with Crippen LogP contribution in [0.1, 0.15) is 6.42 Å². The normalized spacial score (nSPS) is 21.4. The van der Waals surface area contributed by atoms with E-state index < -0.39 is 0 Å². The van der Waals surface area contributed by atoms with E-state index in [2.05, 4.69) is 32.0 Å². The van der Waals surface area contributed by atoms with Crippen molar-refractivity contribution in [3.05, 3.63) is 29.0 Å². The molecular weight excluding hydrogens is 204 g/mol. The summed E-state index contributed by atoms with van der Waals surface area (Å²) in [6.07, 6.45) is 4.87. The van der Waals surface area contributed by atoms with Crippen molar-refractivity contribution in [3.8, 4) is 0 Å². The van der Waals surface area contributed by atoms with Crippen molar-refractivity contribution in [1.29, 1.82) is 0 Å². The van der Waals surface area contributed by atoms with Gasteiger partial charge in [-0.05, 0) is 18.6 Å². The van der Waals surface area contributed by atoms with E-state index in [-0.39, 0.29) is 4.95 Å². The van der Waals surface area contributed by atoms with Crippen LogP contribution in [0.4, 0.5) is 0 Å². The summed E-state index contributed by atoms with van der Waals surface area (Å²) >= 11 is 3.42. The van der Waals surface area contributed by atoms with E-state index in [0.717, 1.165) is 17.1 Å². The zero-order chi connectivity index (χ0) is 7.68. The lowest BCUT2D eigenvalue weighted by Crippen LogP contribution is -2.32. The Morgan fingerprint density at radius 2 is 2.45 bits per heavy atom. The van der Waals surface area contributed by atoms with Gasteiger partial charge in [0.15, 0.2) is 5.49 Å². The summed E-state index contributed by atoms with van der Waals surface area (Å²) in [5, 5.41) is 1.14. The average molecular weight is 211 g/mol. The second-order valence-electron chi connectivity index (χ2n) is 2.42. The van der Waals surface area contributed by atoms with Gasteiger partial charge in [-0.15, -0.1) is 0 Å². The maximum absolute atomic E-state index is 4.32. The number of halogens is 1. The van der Waals surface area contributed by atoms with Crippen LogP contribution in [0.3, 0.4) is 0 Å². The number of rotatable bonds is 0. The van der Waals surface area contributed by atoms with Crippen molar-refractivity contribution in [2.24, 2.45) is 4.99 Å². The van der Waals surface area contributed by atoms with Gasteiger partial charge >= 0.3 is 0 Å². The van der Waals surface area contributed by atoms with Crippen LogP contribution in [0.5, 0.6) is 0 Å². The minimum atomic E-state index is 0.213. The van der Waals surface area contributed by atoms with E-state index in [1.165, 1.54) is 0 Å². The Bertz CT molecular complexity index is 372. The van der Waals surface area contributed by atoms with Gasteiger partial charge in [0, 0.05) is 11.4 Å². The summed E-state index contributed by atoms with van der Waals surface area (Å²) in [6, 6.07) is 3.96. The third-order valence-electron chi connectivity index (χ3n) is 1.61. The summed E-state index contributed by atoms with van der Waals surface area (Å²) in [5.74, 6) is 0. The largest absolute Gasteiger partial charge is 0.251 e. The minimum absolute atomic E-state index is 0.213. The molecule has 0 bridgehead atoms. The molecule has 0 fully saturated rings. The lowest BCUT2D eigenvalue weighted by molar-refractivity contribution is 0.879. The molecule has 2 nitrogen and oxygen atoms in total. The fourth-order valence-corrected chi connectivity index (χ4v) is 1.47. The van der Waals surface area contributed by atoms with Crippen molar-refractivity contribution in [2.75, 3.05) is 0 Å². The molecule has 1 aliphatic rings. The van der Waals surface area contributed by atoms with Crippen LogP contribution < -0.4 is 10.7 Å². The minimum Gasteiger partial charge on any atom is -0.251 e. The highest BCUT2D eigenvalue weighted by Gasteiger charge is 2.02. The summed E-state index contributed by atoms with van der Waals surface area (Å²) in [5.41, 5.74) is 0.848. The molecule has 0 saturated heterocycles. The van der Waals surface area contributed by atoms with Gasteiger partial charge in [-0.1, -0.05) is 22.0 Å². The summed E-state index contributed by atoms with van der Waals surface area (Å²) < 4.78 is 0. The van der Waals surface area contributed by atoms with Crippen molar-refractivity contribution in [2.45, 2.75) is 11.4 Å². The Morgan fingerprint density at radius 1 is 1.55 bits per heavy atom. The standard InChI is InChI=1S/C8H7BrN2/c9-7-4-3-6-2-1-5-10-8(6)11-7/h1-3,5,7H,4H2. The first-order chi connectivity index (χ1) is 5.36. The highest BCUT2D eigenvalue weighted by Crippen LogP contribution is 2.06. The van der Waals surface area contributed by atoms with Crippen LogP contribution >= 0.6 is 15.9 Å². The molecule has 2 rings (SSSR count). The molecule has 0 radical (unpaired) electrons. The number of pyridine rings is 1.